The maximum Gasteiger partial charge on any atom is 0.187 e. The monoisotopic (exact) mass is 288 g/mol. The fourth-order valence-corrected chi connectivity index (χ4v) is 2.27. The Labute approximate surface area is 121 Å². The van der Waals surface area contributed by atoms with E-state index in [4.69, 9.17) is 5.11 Å². The SMILES string of the molecule is OCCC#Cc1cc(F)cc(CSc2ncccn2)c1. The number of rotatable bonds is 4. The van der Waals surface area contributed by atoms with E-state index in [-0.39, 0.29) is 12.4 Å². The molecule has 1 heterocycles. The molecule has 0 atom stereocenters. The van der Waals surface area contributed by atoms with Gasteiger partial charge in [-0.25, -0.2) is 14.4 Å². The molecular formula is C15H13FN2OS. The van der Waals surface area contributed by atoms with E-state index in [1.807, 2.05) is 6.07 Å². The van der Waals surface area contributed by atoms with Crippen LogP contribution >= 0.6 is 11.8 Å². The summed E-state index contributed by atoms with van der Waals surface area (Å²) in [6.07, 6.45) is 3.73. The fourth-order valence-electron chi connectivity index (χ4n) is 1.53. The predicted octanol–water partition coefficient (Wildman–Crippen LogP) is 2.64. The summed E-state index contributed by atoms with van der Waals surface area (Å²) in [7, 11) is 0. The average Bonchev–Trinajstić information content (AvgIpc) is 2.46. The molecule has 3 nitrogen and oxygen atoms in total. The lowest BCUT2D eigenvalue weighted by atomic mass is 10.1. The molecule has 1 aromatic carbocycles. The maximum absolute atomic E-state index is 13.5. The Balaban J connectivity index is 2.06. The third-order valence-corrected chi connectivity index (χ3v) is 3.28. The van der Waals surface area contributed by atoms with Crippen LogP contribution in [-0.2, 0) is 5.75 Å². The van der Waals surface area contributed by atoms with Crippen molar-refractivity contribution in [3.8, 4) is 11.8 Å². The van der Waals surface area contributed by atoms with Crippen molar-refractivity contribution < 1.29 is 9.50 Å². The van der Waals surface area contributed by atoms with Gasteiger partial charge in [-0.1, -0.05) is 23.6 Å². The molecule has 0 radical (unpaired) electrons. The van der Waals surface area contributed by atoms with Gasteiger partial charge in [0.2, 0.25) is 0 Å². The summed E-state index contributed by atoms with van der Waals surface area (Å²) in [5.74, 6) is 5.88. The lowest BCUT2D eigenvalue weighted by Crippen LogP contribution is -1.89. The van der Waals surface area contributed by atoms with Crippen molar-refractivity contribution in [2.75, 3.05) is 6.61 Å². The van der Waals surface area contributed by atoms with Crippen molar-refractivity contribution in [1.29, 1.82) is 0 Å². The van der Waals surface area contributed by atoms with Crippen molar-refractivity contribution in [3.63, 3.8) is 0 Å². The van der Waals surface area contributed by atoms with Gasteiger partial charge in [-0.3, -0.25) is 0 Å². The second kappa shape index (κ2) is 7.63. The fraction of sp³-hybridized carbons (Fsp3) is 0.200. The van der Waals surface area contributed by atoms with Crippen LogP contribution in [0.1, 0.15) is 17.5 Å². The largest absolute Gasteiger partial charge is 0.395 e. The highest BCUT2D eigenvalue weighted by Gasteiger charge is 2.02. The lowest BCUT2D eigenvalue weighted by Gasteiger charge is -2.02. The summed E-state index contributed by atoms with van der Waals surface area (Å²) in [4.78, 5) is 8.20. The van der Waals surface area contributed by atoms with Crippen molar-refractivity contribution in [2.24, 2.45) is 0 Å². The van der Waals surface area contributed by atoms with E-state index in [1.54, 1.807) is 18.5 Å². The molecule has 0 fully saturated rings. The minimum Gasteiger partial charge on any atom is -0.395 e. The van der Waals surface area contributed by atoms with Gasteiger partial charge in [0.25, 0.3) is 0 Å². The van der Waals surface area contributed by atoms with E-state index in [9.17, 15) is 4.39 Å². The van der Waals surface area contributed by atoms with Gasteiger partial charge < -0.3 is 5.11 Å². The van der Waals surface area contributed by atoms with E-state index in [0.29, 0.717) is 22.9 Å². The Morgan fingerprint density at radius 1 is 1.20 bits per heavy atom. The smallest absolute Gasteiger partial charge is 0.187 e. The second-order valence-corrected chi connectivity index (χ2v) is 4.89. The van der Waals surface area contributed by atoms with Gasteiger partial charge in [0.15, 0.2) is 5.16 Å². The summed E-state index contributed by atoms with van der Waals surface area (Å²) < 4.78 is 13.5. The van der Waals surface area contributed by atoms with Crippen LogP contribution in [0.4, 0.5) is 4.39 Å². The zero-order valence-electron chi connectivity index (χ0n) is 10.7. The zero-order valence-corrected chi connectivity index (χ0v) is 11.5. The van der Waals surface area contributed by atoms with Crippen LogP contribution in [0.25, 0.3) is 0 Å². The van der Waals surface area contributed by atoms with Crippen LogP contribution in [0.2, 0.25) is 0 Å². The Morgan fingerprint density at radius 3 is 2.75 bits per heavy atom. The number of thioether (sulfide) groups is 1. The molecule has 20 heavy (non-hydrogen) atoms. The second-order valence-electron chi connectivity index (χ2n) is 3.94. The summed E-state index contributed by atoms with van der Waals surface area (Å²) in [6, 6.07) is 6.45. The molecule has 2 aromatic rings. The number of aliphatic hydroxyl groups is 1. The van der Waals surface area contributed by atoms with Gasteiger partial charge in [-0.05, 0) is 29.8 Å². The molecule has 0 amide bonds. The van der Waals surface area contributed by atoms with Crippen LogP contribution in [0.3, 0.4) is 0 Å². The van der Waals surface area contributed by atoms with Crippen molar-refractivity contribution in [2.45, 2.75) is 17.3 Å². The summed E-state index contributed by atoms with van der Waals surface area (Å²) >= 11 is 1.44. The summed E-state index contributed by atoms with van der Waals surface area (Å²) in [5.41, 5.74) is 1.44. The molecule has 0 aliphatic carbocycles. The average molecular weight is 288 g/mol. The normalized spacial score (nSPS) is 9.90. The summed E-state index contributed by atoms with van der Waals surface area (Å²) in [5, 5.41) is 9.33. The van der Waals surface area contributed by atoms with Crippen LogP contribution in [0, 0.1) is 17.7 Å². The van der Waals surface area contributed by atoms with Crippen LogP contribution in [0.5, 0.6) is 0 Å². The van der Waals surface area contributed by atoms with E-state index < -0.39 is 0 Å². The summed E-state index contributed by atoms with van der Waals surface area (Å²) in [6.45, 7) is 0.0103. The molecular weight excluding hydrogens is 275 g/mol. The zero-order chi connectivity index (χ0) is 14.2. The van der Waals surface area contributed by atoms with Gasteiger partial charge in [0.1, 0.15) is 5.82 Å². The standard InChI is InChI=1S/C15H13FN2OS/c16-14-9-12(4-1-2-7-19)8-13(10-14)11-20-15-17-5-3-6-18-15/h3,5-6,8-10,19H,2,7,11H2. The van der Waals surface area contributed by atoms with Gasteiger partial charge in [-0.2, -0.15) is 0 Å². The number of hydrogen-bond donors (Lipinski definition) is 1. The van der Waals surface area contributed by atoms with E-state index >= 15 is 0 Å². The lowest BCUT2D eigenvalue weighted by molar-refractivity contribution is 0.305. The van der Waals surface area contributed by atoms with Crippen molar-refractivity contribution in [3.05, 3.63) is 53.6 Å². The molecule has 0 saturated heterocycles. The third kappa shape index (κ3) is 4.65. The molecule has 0 spiro atoms. The van der Waals surface area contributed by atoms with Crippen LogP contribution in [0.15, 0.2) is 41.8 Å². The first-order valence-electron chi connectivity index (χ1n) is 6.07. The Bertz CT molecular complexity index is 623. The van der Waals surface area contributed by atoms with Gasteiger partial charge in [0, 0.05) is 30.1 Å². The van der Waals surface area contributed by atoms with Crippen LogP contribution in [-0.4, -0.2) is 21.7 Å². The Morgan fingerprint density at radius 2 is 2.00 bits per heavy atom. The number of nitrogens with zero attached hydrogens (tertiary/aromatic N) is 2. The molecule has 102 valence electrons. The number of halogens is 1. The highest BCUT2D eigenvalue weighted by atomic mass is 32.2. The molecule has 2 rings (SSSR count). The van der Waals surface area contributed by atoms with Gasteiger partial charge in [0.05, 0.1) is 6.61 Å². The molecule has 1 N–H and O–H groups in total. The number of aromatic nitrogens is 2. The minimum atomic E-state index is -0.314. The third-order valence-electron chi connectivity index (χ3n) is 2.34. The highest BCUT2D eigenvalue weighted by Crippen LogP contribution is 2.20. The van der Waals surface area contributed by atoms with E-state index in [1.165, 1.54) is 23.9 Å². The number of benzene rings is 1. The van der Waals surface area contributed by atoms with Gasteiger partial charge >= 0.3 is 0 Å². The quantitative estimate of drug-likeness (QED) is 0.534. The molecule has 0 unspecified atom stereocenters. The number of aliphatic hydroxyl groups excluding tert-OH is 1. The first kappa shape index (κ1) is 14.5. The molecule has 0 saturated carbocycles. The van der Waals surface area contributed by atoms with Gasteiger partial charge in [-0.15, -0.1) is 0 Å². The Hall–Kier alpha value is -1.90. The topological polar surface area (TPSA) is 46.0 Å². The van der Waals surface area contributed by atoms with Crippen molar-refractivity contribution >= 4 is 11.8 Å². The molecule has 0 aliphatic rings. The first-order chi connectivity index (χ1) is 9.78. The minimum absolute atomic E-state index is 0.0103. The highest BCUT2D eigenvalue weighted by molar-refractivity contribution is 7.98. The van der Waals surface area contributed by atoms with Crippen LogP contribution < -0.4 is 0 Å². The predicted molar refractivity (Wildman–Crippen MR) is 76.6 cm³/mol. The number of hydrogen-bond acceptors (Lipinski definition) is 4. The van der Waals surface area contributed by atoms with E-state index in [0.717, 1.165) is 5.56 Å². The molecule has 0 aliphatic heterocycles. The Kier molecular flexibility index (Phi) is 5.54. The van der Waals surface area contributed by atoms with Crippen molar-refractivity contribution in [1.82, 2.24) is 9.97 Å². The van der Waals surface area contributed by atoms with E-state index in [2.05, 4.69) is 21.8 Å². The molecule has 0 bridgehead atoms. The first-order valence-corrected chi connectivity index (χ1v) is 7.05. The molecule has 5 heteroatoms. The maximum atomic E-state index is 13.5. The molecule has 1 aromatic heterocycles.